The van der Waals surface area contributed by atoms with Crippen LogP contribution >= 0.6 is 0 Å². The second-order valence-electron chi connectivity index (χ2n) is 5.51. The molecule has 27 heavy (non-hydrogen) atoms. The molecule has 0 saturated carbocycles. The maximum atomic E-state index is 12.9. The minimum absolute atomic E-state index is 0.690. The number of halogens is 14. The van der Waals surface area contributed by atoms with Crippen molar-refractivity contribution in [3.63, 3.8) is 0 Å². The van der Waals surface area contributed by atoms with E-state index in [2.05, 4.69) is 0 Å². The molecule has 0 heterocycles. The summed E-state index contributed by atoms with van der Waals surface area (Å²) in [6.07, 6.45) is -18.8. The molecule has 0 bridgehead atoms. The van der Waals surface area contributed by atoms with E-state index in [0.29, 0.717) is 0 Å². The molecule has 0 aromatic heterocycles. The van der Waals surface area contributed by atoms with Crippen LogP contribution in [-0.2, 0) is 0 Å². The molecular formula is C12H13F14N. The molecule has 0 amide bonds. The summed E-state index contributed by atoms with van der Waals surface area (Å²) >= 11 is 0. The molecule has 0 radical (unpaired) electrons. The third kappa shape index (κ3) is 5.98. The van der Waals surface area contributed by atoms with Gasteiger partial charge in [-0.25, -0.2) is 0 Å². The predicted molar refractivity (Wildman–Crippen MR) is 63.2 cm³/mol. The number of nitrogens with one attached hydrogen (secondary N) is 1. The van der Waals surface area contributed by atoms with Gasteiger partial charge in [-0.3, -0.25) is 0 Å². The molecule has 0 fully saturated rings. The summed E-state index contributed by atoms with van der Waals surface area (Å²) in [5, 5.41) is 1.99. The van der Waals surface area contributed by atoms with Crippen molar-refractivity contribution in [3.05, 3.63) is 0 Å². The molecule has 1 nitrogen and oxygen atoms in total. The van der Waals surface area contributed by atoms with Gasteiger partial charge in [-0.05, 0) is 25.9 Å². The van der Waals surface area contributed by atoms with Crippen LogP contribution in [0.3, 0.4) is 0 Å². The van der Waals surface area contributed by atoms with E-state index in [1.807, 2.05) is 5.32 Å². The summed E-state index contributed by atoms with van der Waals surface area (Å²) in [7, 11) is 0. The van der Waals surface area contributed by atoms with Gasteiger partial charge in [-0.15, -0.1) is 0 Å². The minimum atomic E-state index is -6.50. The second-order valence-corrected chi connectivity index (χ2v) is 5.51. The van der Waals surface area contributed by atoms with Gasteiger partial charge >= 0.3 is 36.0 Å². The molecule has 0 aliphatic rings. The van der Waals surface area contributed by atoms with Crippen molar-refractivity contribution in [2.24, 2.45) is 0 Å². The summed E-state index contributed by atoms with van der Waals surface area (Å²) in [4.78, 5) is 0. The summed E-state index contributed by atoms with van der Waals surface area (Å²) in [6.45, 7) is -1.38. The summed E-state index contributed by atoms with van der Waals surface area (Å²) in [6, 6.07) is 0. The lowest BCUT2D eigenvalue weighted by Gasteiger charge is -2.28. The van der Waals surface area contributed by atoms with Crippen LogP contribution < -0.4 is 5.32 Å². The van der Waals surface area contributed by atoms with Crippen LogP contribution in [0.15, 0.2) is 0 Å². The number of hydrogen-bond acceptors (Lipinski definition) is 1. The molecule has 0 saturated heterocycles. The Morgan fingerprint density at radius 1 is 0.444 bits per heavy atom. The lowest BCUT2D eigenvalue weighted by atomic mass is 10.1. The van der Waals surface area contributed by atoms with E-state index in [4.69, 9.17) is 0 Å². The van der Waals surface area contributed by atoms with Crippen LogP contribution in [0, 0.1) is 0 Å². The first-order valence-electron chi connectivity index (χ1n) is 7.06. The van der Waals surface area contributed by atoms with E-state index in [9.17, 15) is 61.5 Å². The predicted octanol–water partition coefficient (Wildman–Crippen LogP) is 5.80. The molecule has 0 aliphatic heterocycles. The Labute approximate surface area is 143 Å². The van der Waals surface area contributed by atoms with Crippen molar-refractivity contribution in [2.45, 2.75) is 61.7 Å². The summed E-state index contributed by atoms with van der Waals surface area (Å²) < 4.78 is 173. The first-order chi connectivity index (χ1) is 11.7. The molecule has 0 spiro atoms. The molecule has 0 aromatic carbocycles. The fraction of sp³-hybridized carbons (Fsp3) is 1.00. The van der Waals surface area contributed by atoms with Gasteiger partial charge in [0.1, 0.15) is 0 Å². The smallest absolute Gasteiger partial charge is 0.317 e. The molecular weight excluding hydrogens is 424 g/mol. The van der Waals surface area contributed by atoms with Crippen LogP contribution in [0.2, 0.25) is 0 Å². The first kappa shape index (κ1) is 26.0. The topological polar surface area (TPSA) is 12.0 Å². The fourth-order valence-corrected chi connectivity index (χ4v) is 1.72. The Morgan fingerprint density at radius 2 is 0.704 bits per heavy atom. The van der Waals surface area contributed by atoms with Crippen LogP contribution in [0.1, 0.15) is 25.7 Å². The zero-order valence-electron chi connectivity index (χ0n) is 13.0. The molecule has 0 aliphatic carbocycles. The molecule has 15 heteroatoms. The van der Waals surface area contributed by atoms with E-state index >= 15 is 0 Å². The van der Waals surface area contributed by atoms with E-state index in [0.717, 1.165) is 0 Å². The highest BCUT2D eigenvalue weighted by molar-refractivity contribution is 4.92. The highest BCUT2D eigenvalue weighted by atomic mass is 19.4. The molecule has 0 atom stereocenters. The summed E-state index contributed by atoms with van der Waals surface area (Å²) in [5.74, 6) is -23.5. The SMILES string of the molecule is FC(F)(F)C(F)(F)C(F)(F)CCCNCCCC(F)(F)C(F)(F)C(F)(F)F. The Kier molecular flexibility index (Phi) is 7.84. The van der Waals surface area contributed by atoms with E-state index < -0.39 is 74.8 Å². The van der Waals surface area contributed by atoms with E-state index in [1.165, 1.54) is 0 Å². The van der Waals surface area contributed by atoms with Gasteiger partial charge in [0.2, 0.25) is 0 Å². The maximum Gasteiger partial charge on any atom is 0.459 e. The van der Waals surface area contributed by atoms with Crippen molar-refractivity contribution in [2.75, 3.05) is 13.1 Å². The average molecular weight is 437 g/mol. The van der Waals surface area contributed by atoms with Crippen molar-refractivity contribution in [1.29, 1.82) is 0 Å². The van der Waals surface area contributed by atoms with Crippen molar-refractivity contribution in [1.82, 2.24) is 5.32 Å². The molecule has 164 valence electrons. The number of rotatable bonds is 10. The van der Waals surface area contributed by atoms with Gasteiger partial charge in [-0.2, -0.15) is 61.5 Å². The molecule has 0 unspecified atom stereocenters. The Bertz CT molecular complexity index is 422. The first-order valence-corrected chi connectivity index (χ1v) is 7.06. The average Bonchev–Trinajstić information content (AvgIpc) is 2.43. The monoisotopic (exact) mass is 437 g/mol. The fourth-order valence-electron chi connectivity index (χ4n) is 1.72. The Balaban J connectivity index is 4.33. The quantitative estimate of drug-likeness (QED) is 0.337. The molecule has 1 N–H and O–H groups in total. The normalized spacial score (nSPS) is 15.3. The summed E-state index contributed by atoms with van der Waals surface area (Å²) in [5.41, 5.74) is 0. The number of alkyl halides is 14. The zero-order chi connectivity index (χ0) is 21.9. The zero-order valence-corrected chi connectivity index (χ0v) is 13.0. The van der Waals surface area contributed by atoms with E-state index in [1.54, 1.807) is 0 Å². The largest absolute Gasteiger partial charge is 0.459 e. The third-order valence-corrected chi connectivity index (χ3v) is 3.32. The van der Waals surface area contributed by atoms with E-state index in [-0.39, 0.29) is 0 Å². The van der Waals surface area contributed by atoms with Crippen molar-refractivity contribution < 1.29 is 61.5 Å². The lowest BCUT2D eigenvalue weighted by Crippen LogP contribution is -2.52. The lowest BCUT2D eigenvalue weighted by molar-refractivity contribution is -0.355. The van der Waals surface area contributed by atoms with Gasteiger partial charge in [0.05, 0.1) is 0 Å². The Hall–Kier alpha value is -1.02. The standard InChI is InChI=1S/C12H13F14N/c13-7(14,9(17,18)11(21,22)23)3-1-5-27-6-2-4-8(15,16)10(19,20)12(24,25)26/h27H,1-6H2. The second kappa shape index (κ2) is 8.15. The van der Waals surface area contributed by atoms with Gasteiger partial charge in [0, 0.05) is 12.8 Å². The van der Waals surface area contributed by atoms with Crippen LogP contribution in [-0.4, -0.2) is 49.1 Å². The minimum Gasteiger partial charge on any atom is -0.317 e. The Morgan fingerprint density at radius 3 is 0.926 bits per heavy atom. The third-order valence-electron chi connectivity index (χ3n) is 3.32. The van der Waals surface area contributed by atoms with Crippen molar-refractivity contribution >= 4 is 0 Å². The number of hydrogen-bond donors (Lipinski definition) is 1. The van der Waals surface area contributed by atoms with Crippen LogP contribution in [0.25, 0.3) is 0 Å². The highest BCUT2D eigenvalue weighted by Crippen LogP contribution is 2.49. The van der Waals surface area contributed by atoms with Crippen LogP contribution in [0.5, 0.6) is 0 Å². The molecule has 0 aromatic rings. The van der Waals surface area contributed by atoms with Gasteiger partial charge in [0.25, 0.3) is 0 Å². The highest BCUT2D eigenvalue weighted by Gasteiger charge is 2.73. The van der Waals surface area contributed by atoms with Gasteiger partial charge < -0.3 is 5.32 Å². The maximum absolute atomic E-state index is 12.9. The van der Waals surface area contributed by atoms with Gasteiger partial charge in [-0.1, -0.05) is 0 Å². The molecule has 0 rings (SSSR count). The van der Waals surface area contributed by atoms with Gasteiger partial charge in [0.15, 0.2) is 0 Å². The van der Waals surface area contributed by atoms with Crippen molar-refractivity contribution in [3.8, 4) is 0 Å². The van der Waals surface area contributed by atoms with Crippen LogP contribution in [0.4, 0.5) is 61.5 Å².